The lowest BCUT2D eigenvalue weighted by Gasteiger charge is -2.15. The smallest absolute Gasteiger partial charge is 0.203 e. The largest absolute Gasteiger partial charge is 0.490 e. The first-order valence-corrected chi connectivity index (χ1v) is 9.23. The van der Waals surface area contributed by atoms with E-state index < -0.39 is 0 Å². The zero-order chi connectivity index (χ0) is 19.0. The highest BCUT2D eigenvalue weighted by molar-refractivity contribution is 5.51. The monoisotopic (exact) mass is 386 g/mol. The van der Waals surface area contributed by atoms with E-state index in [4.69, 9.17) is 37.9 Å². The van der Waals surface area contributed by atoms with E-state index in [2.05, 4.69) is 0 Å². The Bertz CT molecular complexity index is 458. The molecule has 1 aromatic carbocycles. The van der Waals surface area contributed by atoms with Crippen molar-refractivity contribution in [2.75, 3.05) is 86.4 Å². The number of ether oxygens (including phenoxy) is 8. The van der Waals surface area contributed by atoms with Crippen molar-refractivity contribution in [3.63, 3.8) is 0 Å². The van der Waals surface area contributed by atoms with E-state index in [9.17, 15) is 0 Å². The lowest BCUT2D eigenvalue weighted by molar-refractivity contribution is -0.0145. The van der Waals surface area contributed by atoms with Gasteiger partial charge in [-0.2, -0.15) is 0 Å². The van der Waals surface area contributed by atoms with Crippen molar-refractivity contribution in [2.45, 2.75) is 0 Å². The van der Waals surface area contributed by atoms with Gasteiger partial charge in [-0.15, -0.1) is 0 Å². The molecule has 154 valence electrons. The Morgan fingerprint density at radius 3 is 1.22 bits per heavy atom. The summed E-state index contributed by atoms with van der Waals surface area (Å²) < 4.78 is 44.2. The topological polar surface area (TPSA) is 73.8 Å². The van der Waals surface area contributed by atoms with E-state index in [-0.39, 0.29) is 0 Å². The average molecular weight is 386 g/mol. The van der Waals surface area contributed by atoms with Crippen LogP contribution in [-0.4, -0.2) is 86.4 Å². The van der Waals surface area contributed by atoms with E-state index in [0.717, 1.165) is 0 Å². The molecule has 8 nitrogen and oxygen atoms in total. The van der Waals surface area contributed by atoms with Crippen molar-refractivity contribution in [1.82, 2.24) is 0 Å². The lowest BCUT2D eigenvalue weighted by Crippen LogP contribution is -2.15. The van der Waals surface area contributed by atoms with Crippen LogP contribution in [0.5, 0.6) is 17.2 Å². The van der Waals surface area contributed by atoms with Crippen molar-refractivity contribution in [2.24, 2.45) is 0 Å². The summed E-state index contributed by atoms with van der Waals surface area (Å²) in [5.41, 5.74) is 0. The van der Waals surface area contributed by atoms with Crippen LogP contribution in [0.1, 0.15) is 0 Å². The number of methoxy groups -OCH3 is 1. The molecule has 1 aromatic rings. The number of para-hydroxylation sites is 1. The maximum atomic E-state index is 5.74. The van der Waals surface area contributed by atoms with E-state index in [1.807, 2.05) is 18.2 Å². The summed E-state index contributed by atoms with van der Waals surface area (Å²) >= 11 is 0. The zero-order valence-corrected chi connectivity index (χ0v) is 16.0. The molecular weight excluding hydrogens is 356 g/mol. The standard InChI is InChI=1S/C19H30O8/c1-20-19-17-3-2-4-18(19)27-16-14-25-12-10-23-8-6-21-5-7-22-9-11-24-13-15-26-17/h2-4H,5-16H2,1H3. The third kappa shape index (κ3) is 9.25. The molecule has 1 aliphatic rings. The van der Waals surface area contributed by atoms with Gasteiger partial charge in [0.15, 0.2) is 11.5 Å². The fourth-order valence-electron chi connectivity index (χ4n) is 2.33. The Hall–Kier alpha value is -1.58. The molecule has 2 bridgehead atoms. The first-order chi connectivity index (χ1) is 13.4. The fourth-order valence-corrected chi connectivity index (χ4v) is 2.33. The maximum Gasteiger partial charge on any atom is 0.203 e. The second-order valence-electron chi connectivity index (χ2n) is 5.55. The van der Waals surface area contributed by atoms with Crippen LogP contribution in [-0.2, 0) is 23.7 Å². The molecule has 0 aliphatic carbocycles. The molecule has 8 heteroatoms. The summed E-state index contributed by atoms with van der Waals surface area (Å²) in [7, 11) is 1.59. The first-order valence-electron chi connectivity index (χ1n) is 9.23. The van der Waals surface area contributed by atoms with Gasteiger partial charge in [0.25, 0.3) is 0 Å². The second-order valence-corrected chi connectivity index (χ2v) is 5.55. The molecule has 0 saturated heterocycles. The highest BCUT2D eigenvalue weighted by atomic mass is 16.6. The molecule has 2 rings (SSSR count). The van der Waals surface area contributed by atoms with E-state index >= 15 is 0 Å². The molecule has 0 N–H and O–H groups in total. The van der Waals surface area contributed by atoms with Gasteiger partial charge in [-0.25, -0.2) is 0 Å². The van der Waals surface area contributed by atoms with Gasteiger partial charge >= 0.3 is 0 Å². The van der Waals surface area contributed by atoms with Gasteiger partial charge in [0, 0.05) is 0 Å². The Morgan fingerprint density at radius 2 is 0.889 bits per heavy atom. The molecule has 1 aliphatic heterocycles. The number of hydrogen-bond acceptors (Lipinski definition) is 8. The molecule has 0 saturated carbocycles. The maximum absolute atomic E-state index is 5.74. The lowest BCUT2D eigenvalue weighted by atomic mass is 10.3. The minimum absolute atomic E-state index is 0.409. The number of fused-ring (bicyclic) bond motifs is 2. The molecule has 0 radical (unpaired) electrons. The summed E-state index contributed by atoms with van der Waals surface area (Å²) in [4.78, 5) is 0. The summed E-state index contributed by atoms with van der Waals surface area (Å²) in [6.45, 7) is 5.93. The van der Waals surface area contributed by atoms with Gasteiger partial charge in [0.1, 0.15) is 13.2 Å². The molecular formula is C19H30O8. The predicted octanol–water partition coefficient (Wildman–Crippen LogP) is 1.55. The van der Waals surface area contributed by atoms with Crippen molar-refractivity contribution in [3.05, 3.63) is 18.2 Å². The van der Waals surface area contributed by atoms with Crippen molar-refractivity contribution < 1.29 is 37.9 Å². The molecule has 0 unspecified atom stereocenters. The Kier molecular flexibility index (Phi) is 11.6. The molecule has 0 spiro atoms. The van der Waals surface area contributed by atoms with Crippen LogP contribution in [0.3, 0.4) is 0 Å². The van der Waals surface area contributed by atoms with Crippen LogP contribution in [0.4, 0.5) is 0 Å². The summed E-state index contributed by atoms with van der Waals surface area (Å²) in [6, 6.07) is 5.53. The number of hydrogen-bond donors (Lipinski definition) is 0. The normalized spacial score (nSPS) is 19.6. The fraction of sp³-hybridized carbons (Fsp3) is 0.684. The highest BCUT2D eigenvalue weighted by Crippen LogP contribution is 2.36. The third-order valence-corrected chi connectivity index (χ3v) is 3.61. The zero-order valence-electron chi connectivity index (χ0n) is 16.0. The van der Waals surface area contributed by atoms with Crippen LogP contribution in [0, 0.1) is 0 Å². The molecule has 0 aromatic heterocycles. The highest BCUT2D eigenvalue weighted by Gasteiger charge is 2.11. The summed E-state index contributed by atoms with van der Waals surface area (Å²) in [5, 5.41) is 0. The van der Waals surface area contributed by atoms with Crippen LogP contribution in [0.2, 0.25) is 0 Å². The average Bonchev–Trinajstić information content (AvgIpc) is 2.69. The van der Waals surface area contributed by atoms with Gasteiger partial charge in [0.05, 0.1) is 73.2 Å². The van der Waals surface area contributed by atoms with Crippen LogP contribution in [0.25, 0.3) is 0 Å². The summed E-state index contributed by atoms with van der Waals surface area (Å²) in [5.74, 6) is 1.79. The van der Waals surface area contributed by atoms with Gasteiger partial charge < -0.3 is 37.9 Å². The molecule has 0 atom stereocenters. The Balaban J connectivity index is 1.82. The Labute approximate surface area is 160 Å². The minimum Gasteiger partial charge on any atom is -0.490 e. The third-order valence-electron chi connectivity index (χ3n) is 3.61. The Morgan fingerprint density at radius 1 is 0.556 bits per heavy atom. The second kappa shape index (κ2) is 14.5. The van der Waals surface area contributed by atoms with Gasteiger partial charge in [-0.3, -0.25) is 0 Å². The van der Waals surface area contributed by atoms with Gasteiger partial charge in [-0.1, -0.05) is 6.07 Å². The van der Waals surface area contributed by atoms with Crippen LogP contribution < -0.4 is 14.2 Å². The SMILES string of the molecule is COc1c2cccc1OCCOCCOCCOCCOCCOCCO2. The van der Waals surface area contributed by atoms with Crippen molar-refractivity contribution in [3.8, 4) is 17.2 Å². The predicted molar refractivity (Wildman–Crippen MR) is 98.1 cm³/mol. The van der Waals surface area contributed by atoms with E-state index in [1.165, 1.54) is 0 Å². The van der Waals surface area contributed by atoms with E-state index in [0.29, 0.717) is 96.5 Å². The molecule has 0 amide bonds. The van der Waals surface area contributed by atoms with Crippen molar-refractivity contribution in [1.29, 1.82) is 0 Å². The molecule has 1 heterocycles. The van der Waals surface area contributed by atoms with Crippen LogP contribution >= 0.6 is 0 Å². The summed E-state index contributed by atoms with van der Waals surface area (Å²) in [6.07, 6.45) is 0. The minimum atomic E-state index is 0.409. The van der Waals surface area contributed by atoms with Crippen molar-refractivity contribution >= 4 is 0 Å². The van der Waals surface area contributed by atoms with Crippen LogP contribution in [0.15, 0.2) is 18.2 Å². The number of benzene rings is 1. The van der Waals surface area contributed by atoms with E-state index in [1.54, 1.807) is 7.11 Å². The van der Waals surface area contributed by atoms with Gasteiger partial charge in [0.2, 0.25) is 5.75 Å². The molecule has 27 heavy (non-hydrogen) atoms. The first kappa shape index (κ1) is 21.7. The van der Waals surface area contributed by atoms with Gasteiger partial charge in [-0.05, 0) is 12.1 Å². The number of rotatable bonds is 1. The molecule has 0 fully saturated rings. The quantitative estimate of drug-likeness (QED) is 0.720.